The summed E-state index contributed by atoms with van der Waals surface area (Å²) in [5.41, 5.74) is 0.932. The largest absolute Gasteiger partial charge is 0.462 e. The maximum atomic E-state index is 9.13. The predicted molar refractivity (Wildman–Crippen MR) is 77.0 cm³/mol. The van der Waals surface area contributed by atoms with Gasteiger partial charge in [-0.25, -0.2) is 0 Å². The molecule has 1 aliphatic rings. The van der Waals surface area contributed by atoms with Crippen molar-refractivity contribution in [2.75, 3.05) is 0 Å². The average Bonchev–Trinajstić information content (AvgIpc) is 2.47. The summed E-state index contributed by atoms with van der Waals surface area (Å²) in [5, 5.41) is 36.5. The Labute approximate surface area is 123 Å². The van der Waals surface area contributed by atoms with Gasteiger partial charge in [0.15, 0.2) is 12.6 Å². The summed E-state index contributed by atoms with van der Waals surface area (Å²) < 4.78 is 5.72. The van der Waals surface area contributed by atoms with Gasteiger partial charge in [-0.1, -0.05) is 29.8 Å². The van der Waals surface area contributed by atoms with E-state index in [0.717, 1.165) is 17.1 Å². The Morgan fingerprint density at radius 3 is 2.10 bits per heavy atom. The third kappa shape index (κ3) is 4.68. The fourth-order valence-electron chi connectivity index (χ4n) is 2.22. The Morgan fingerprint density at radius 2 is 1.57 bits per heavy atom. The van der Waals surface area contributed by atoms with Gasteiger partial charge in [-0.15, -0.1) is 0 Å². The van der Waals surface area contributed by atoms with Gasteiger partial charge in [-0.2, -0.15) is 0 Å². The first-order valence-electron chi connectivity index (χ1n) is 6.90. The zero-order chi connectivity index (χ0) is 15.2. The Kier molecular flexibility index (Phi) is 5.52. The summed E-state index contributed by atoms with van der Waals surface area (Å²) in [6, 6.07) is 9.47. The van der Waals surface area contributed by atoms with Gasteiger partial charge in [0.25, 0.3) is 0 Å². The summed E-state index contributed by atoms with van der Waals surface area (Å²) in [5.74, 6) is 0.604. The van der Waals surface area contributed by atoms with E-state index in [1.54, 1.807) is 0 Å². The van der Waals surface area contributed by atoms with Gasteiger partial charge in [0.1, 0.15) is 11.5 Å². The Bertz CT molecular complexity index is 497. The molecule has 1 aliphatic carbocycles. The fraction of sp³-hybridized carbons (Fsp3) is 0.375. The highest BCUT2D eigenvalue weighted by atomic mass is 16.5. The number of allylic oxidation sites excluding steroid dienone is 4. The molecule has 21 heavy (non-hydrogen) atoms. The van der Waals surface area contributed by atoms with Crippen LogP contribution in [0.1, 0.15) is 19.3 Å². The van der Waals surface area contributed by atoms with E-state index in [-0.39, 0.29) is 6.42 Å². The van der Waals surface area contributed by atoms with E-state index >= 15 is 0 Å². The summed E-state index contributed by atoms with van der Waals surface area (Å²) in [7, 11) is 0. The van der Waals surface area contributed by atoms with Crippen molar-refractivity contribution in [2.45, 2.75) is 31.8 Å². The summed E-state index contributed by atoms with van der Waals surface area (Å²) in [6.07, 6.45) is 1.76. The minimum absolute atomic E-state index is 0.227. The molecule has 0 fully saturated rings. The van der Waals surface area contributed by atoms with Crippen LogP contribution in [0.3, 0.4) is 0 Å². The van der Waals surface area contributed by atoms with Gasteiger partial charge in [-0.05, 0) is 31.1 Å². The number of aliphatic hydroxyl groups excluding tert-OH is 2. The minimum Gasteiger partial charge on any atom is -0.462 e. The van der Waals surface area contributed by atoms with Crippen molar-refractivity contribution in [1.29, 1.82) is 0 Å². The van der Waals surface area contributed by atoms with Crippen LogP contribution in [-0.4, -0.2) is 33.0 Å². The van der Waals surface area contributed by atoms with E-state index in [4.69, 9.17) is 25.2 Å². The topological polar surface area (TPSA) is 90.2 Å². The smallest absolute Gasteiger partial charge is 0.159 e. The van der Waals surface area contributed by atoms with E-state index in [2.05, 4.69) is 0 Å². The normalized spacial score (nSPS) is 15.4. The number of benzene rings is 1. The molecule has 114 valence electrons. The minimum atomic E-state index is -1.75. The van der Waals surface area contributed by atoms with Crippen molar-refractivity contribution in [1.82, 2.24) is 0 Å². The van der Waals surface area contributed by atoms with Crippen LogP contribution < -0.4 is 4.74 Å². The number of hydrogen-bond donors (Lipinski definition) is 4. The van der Waals surface area contributed by atoms with Crippen LogP contribution in [-0.2, 0) is 0 Å². The van der Waals surface area contributed by atoms with Crippen LogP contribution in [0, 0.1) is 5.92 Å². The monoisotopic (exact) mass is 292 g/mol. The molecule has 0 aliphatic heterocycles. The van der Waals surface area contributed by atoms with E-state index in [1.165, 1.54) is 0 Å². The standard InChI is InChI=1S/C16H20O5/c17-15(18)14(16(19)20)10-11-6-8-13(9-7-11)21-12-4-2-1-3-5-12/h1-6,8,14-20H,7,9-10H2. The van der Waals surface area contributed by atoms with Crippen LogP contribution in [0.4, 0.5) is 0 Å². The molecule has 0 radical (unpaired) electrons. The molecule has 0 bridgehead atoms. The van der Waals surface area contributed by atoms with Crippen LogP contribution in [0.15, 0.2) is 53.8 Å². The van der Waals surface area contributed by atoms with Gasteiger partial charge in [-0.3, -0.25) is 0 Å². The Morgan fingerprint density at radius 1 is 0.905 bits per heavy atom. The molecule has 5 heteroatoms. The predicted octanol–water partition coefficient (Wildman–Crippen LogP) is 1.30. The van der Waals surface area contributed by atoms with Gasteiger partial charge in [0.05, 0.1) is 5.92 Å². The number of aliphatic hydroxyl groups is 4. The first-order valence-corrected chi connectivity index (χ1v) is 6.90. The molecule has 1 aromatic carbocycles. The van der Waals surface area contributed by atoms with Crippen molar-refractivity contribution in [3.8, 4) is 5.75 Å². The van der Waals surface area contributed by atoms with Gasteiger partial charge < -0.3 is 25.2 Å². The summed E-state index contributed by atoms with van der Waals surface area (Å²) >= 11 is 0. The number of rotatable bonds is 6. The third-order valence-corrected chi connectivity index (χ3v) is 3.45. The average molecular weight is 292 g/mol. The second kappa shape index (κ2) is 7.38. The summed E-state index contributed by atoms with van der Waals surface area (Å²) in [4.78, 5) is 0. The molecule has 0 atom stereocenters. The third-order valence-electron chi connectivity index (χ3n) is 3.45. The SMILES string of the molecule is OC(O)C(CC1=CC=C(Oc2ccccc2)CC1)C(O)O. The van der Waals surface area contributed by atoms with Crippen molar-refractivity contribution in [3.63, 3.8) is 0 Å². The molecule has 0 spiro atoms. The molecule has 4 N–H and O–H groups in total. The molecule has 2 rings (SSSR count). The highest BCUT2D eigenvalue weighted by molar-refractivity contribution is 5.27. The maximum Gasteiger partial charge on any atom is 0.159 e. The highest BCUT2D eigenvalue weighted by Gasteiger charge is 2.25. The van der Waals surface area contributed by atoms with E-state index in [9.17, 15) is 0 Å². The van der Waals surface area contributed by atoms with Crippen LogP contribution in [0.5, 0.6) is 5.75 Å². The fourth-order valence-corrected chi connectivity index (χ4v) is 2.22. The quantitative estimate of drug-likeness (QED) is 0.593. The molecule has 0 unspecified atom stereocenters. The lowest BCUT2D eigenvalue weighted by Crippen LogP contribution is -2.32. The Balaban J connectivity index is 1.96. The van der Waals surface area contributed by atoms with Gasteiger partial charge in [0.2, 0.25) is 0 Å². The number of hydrogen-bond acceptors (Lipinski definition) is 5. The first kappa shape index (κ1) is 15.7. The van der Waals surface area contributed by atoms with Crippen molar-refractivity contribution in [3.05, 3.63) is 53.8 Å². The Hall–Kier alpha value is -1.66. The molecule has 0 amide bonds. The lowest BCUT2D eigenvalue weighted by molar-refractivity contribution is -0.177. The second-order valence-electron chi connectivity index (χ2n) is 5.07. The molecule has 1 aromatic rings. The zero-order valence-electron chi connectivity index (χ0n) is 11.6. The first-order chi connectivity index (χ1) is 10.1. The molecule has 0 aromatic heterocycles. The van der Waals surface area contributed by atoms with Crippen LogP contribution >= 0.6 is 0 Å². The van der Waals surface area contributed by atoms with Crippen molar-refractivity contribution >= 4 is 0 Å². The number of ether oxygens (including phenoxy) is 1. The van der Waals surface area contributed by atoms with Crippen LogP contribution in [0.2, 0.25) is 0 Å². The lowest BCUT2D eigenvalue weighted by Gasteiger charge is -2.23. The van der Waals surface area contributed by atoms with Crippen molar-refractivity contribution < 1.29 is 25.2 Å². The van der Waals surface area contributed by atoms with Crippen molar-refractivity contribution in [2.24, 2.45) is 5.92 Å². The van der Waals surface area contributed by atoms with Gasteiger partial charge in [0, 0.05) is 6.42 Å². The van der Waals surface area contributed by atoms with E-state index in [1.807, 2.05) is 42.5 Å². The maximum absolute atomic E-state index is 9.13. The number of para-hydroxylation sites is 1. The van der Waals surface area contributed by atoms with E-state index < -0.39 is 18.5 Å². The van der Waals surface area contributed by atoms with E-state index in [0.29, 0.717) is 12.8 Å². The molecule has 5 nitrogen and oxygen atoms in total. The molecule has 0 saturated carbocycles. The molecule has 0 heterocycles. The van der Waals surface area contributed by atoms with Gasteiger partial charge >= 0.3 is 0 Å². The molecule has 0 saturated heterocycles. The molecular weight excluding hydrogens is 272 g/mol. The zero-order valence-corrected chi connectivity index (χ0v) is 11.6. The summed E-state index contributed by atoms with van der Waals surface area (Å²) in [6.45, 7) is 0. The second-order valence-corrected chi connectivity index (χ2v) is 5.07. The molecular formula is C16H20O5. The lowest BCUT2D eigenvalue weighted by atomic mass is 9.92. The van der Waals surface area contributed by atoms with Crippen LogP contribution in [0.25, 0.3) is 0 Å². The highest BCUT2D eigenvalue weighted by Crippen LogP contribution is 2.27.